The van der Waals surface area contributed by atoms with Crippen molar-refractivity contribution in [2.24, 2.45) is 5.73 Å². The van der Waals surface area contributed by atoms with E-state index in [0.29, 0.717) is 12.8 Å². The molecule has 4 heteroatoms. The van der Waals surface area contributed by atoms with E-state index in [1.165, 1.54) is 0 Å². The van der Waals surface area contributed by atoms with Crippen LogP contribution in [0.4, 0.5) is 0 Å². The molecule has 0 bridgehead atoms. The molecule has 0 saturated carbocycles. The number of benzene rings is 1. The first-order chi connectivity index (χ1) is 8.20. The molecule has 0 aliphatic rings. The third-order valence-electron chi connectivity index (χ3n) is 2.50. The number of carbonyl (C=O) groups is 1. The van der Waals surface area contributed by atoms with Gasteiger partial charge in [0.1, 0.15) is 5.01 Å². The lowest BCUT2D eigenvalue weighted by Gasteiger charge is -2.05. The molecule has 0 amide bonds. The predicted octanol–water partition coefficient (Wildman–Crippen LogP) is 2.31. The first-order valence-corrected chi connectivity index (χ1v) is 6.26. The topological polar surface area (TPSA) is 56.0 Å². The number of carbonyl (C=O) groups excluding carboxylic acids is 1. The Morgan fingerprint density at radius 1 is 1.53 bits per heavy atom. The Labute approximate surface area is 104 Å². The molecule has 3 nitrogen and oxygen atoms in total. The van der Waals surface area contributed by atoms with Gasteiger partial charge in [0.2, 0.25) is 0 Å². The van der Waals surface area contributed by atoms with Crippen LogP contribution in [-0.4, -0.2) is 16.8 Å². The van der Waals surface area contributed by atoms with E-state index in [2.05, 4.69) is 11.6 Å². The van der Waals surface area contributed by atoms with Crippen LogP contribution in [0.25, 0.3) is 10.2 Å². The minimum absolute atomic E-state index is 0.0176. The second kappa shape index (κ2) is 5.21. The molecule has 1 atom stereocenters. The van der Waals surface area contributed by atoms with Crippen molar-refractivity contribution < 1.29 is 4.79 Å². The number of thiazole rings is 1. The fourth-order valence-electron chi connectivity index (χ4n) is 1.59. The average molecular weight is 246 g/mol. The Morgan fingerprint density at radius 2 is 2.29 bits per heavy atom. The number of ketones is 1. The van der Waals surface area contributed by atoms with E-state index in [9.17, 15) is 4.79 Å². The highest BCUT2D eigenvalue weighted by atomic mass is 32.1. The van der Waals surface area contributed by atoms with Crippen LogP contribution in [-0.2, 0) is 11.2 Å². The highest BCUT2D eigenvalue weighted by Crippen LogP contribution is 2.22. The molecule has 0 saturated heterocycles. The summed E-state index contributed by atoms with van der Waals surface area (Å²) in [6.45, 7) is 3.58. The summed E-state index contributed by atoms with van der Waals surface area (Å²) in [4.78, 5) is 16.2. The molecule has 0 aliphatic carbocycles. The molecule has 2 N–H and O–H groups in total. The number of nitrogens with zero attached hydrogens (tertiary/aromatic N) is 1. The fraction of sp³-hybridized carbons (Fsp3) is 0.231. The van der Waals surface area contributed by atoms with Crippen LogP contribution in [0.1, 0.15) is 11.4 Å². The minimum Gasteiger partial charge on any atom is -0.321 e. The largest absolute Gasteiger partial charge is 0.321 e. The zero-order valence-electron chi connectivity index (χ0n) is 9.43. The van der Waals surface area contributed by atoms with Gasteiger partial charge in [-0.25, -0.2) is 4.98 Å². The van der Waals surface area contributed by atoms with Gasteiger partial charge in [0, 0.05) is 0 Å². The van der Waals surface area contributed by atoms with E-state index in [-0.39, 0.29) is 5.78 Å². The van der Waals surface area contributed by atoms with Crippen molar-refractivity contribution in [3.63, 3.8) is 0 Å². The monoisotopic (exact) mass is 246 g/mol. The van der Waals surface area contributed by atoms with Gasteiger partial charge in [-0.2, -0.15) is 0 Å². The third kappa shape index (κ3) is 2.78. The molecule has 0 spiro atoms. The molecule has 2 aromatic rings. The van der Waals surface area contributed by atoms with Crippen LogP contribution in [0, 0.1) is 0 Å². The Morgan fingerprint density at radius 3 is 3.00 bits per heavy atom. The van der Waals surface area contributed by atoms with Crippen LogP contribution in [0.15, 0.2) is 36.9 Å². The number of hydrogen-bond acceptors (Lipinski definition) is 4. The summed E-state index contributed by atoms with van der Waals surface area (Å²) in [5, 5.41) is 0.829. The van der Waals surface area contributed by atoms with Gasteiger partial charge in [0.05, 0.1) is 22.7 Å². The summed E-state index contributed by atoms with van der Waals surface area (Å²) in [5.74, 6) is 0.0176. The van der Waals surface area contributed by atoms with Gasteiger partial charge in [0.25, 0.3) is 0 Å². The van der Waals surface area contributed by atoms with Gasteiger partial charge in [-0.3, -0.25) is 4.79 Å². The van der Waals surface area contributed by atoms with Crippen LogP contribution >= 0.6 is 11.3 Å². The molecule has 88 valence electrons. The number of Topliss-reactive ketones (excluding diaryl/α,β-unsaturated/α-hetero) is 1. The lowest BCUT2D eigenvalue weighted by Crippen LogP contribution is -2.31. The first kappa shape index (κ1) is 12.0. The van der Waals surface area contributed by atoms with Crippen molar-refractivity contribution in [3.8, 4) is 0 Å². The molecule has 1 unspecified atom stereocenters. The predicted molar refractivity (Wildman–Crippen MR) is 71.1 cm³/mol. The zero-order chi connectivity index (χ0) is 12.3. The van der Waals surface area contributed by atoms with Crippen LogP contribution < -0.4 is 5.73 Å². The molecule has 1 aromatic heterocycles. The van der Waals surface area contributed by atoms with Crippen LogP contribution in [0.2, 0.25) is 0 Å². The molecule has 17 heavy (non-hydrogen) atoms. The number of hydrogen-bond donors (Lipinski definition) is 1. The summed E-state index contributed by atoms with van der Waals surface area (Å²) in [6.07, 6.45) is 2.50. The van der Waals surface area contributed by atoms with Crippen molar-refractivity contribution in [2.45, 2.75) is 18.9 Å². The zero-order valence-corrected chi connectivity index (χ0v) is 10.2. The van der Waals surface area contributed by atoms with Crippen molar-refractivity contribution in [2.75, 3.05) is 0 Å². The summed E-state index contributed by atoms with van der Waals surface area (Å²) in [5.41, 5.74) is 6.67. The number of aromatic nitrogens is 1. The van der Waals surface area contributed by atoms with Crippen LogP contribution in [0.5, 0.6) is 0 Å². The van der Waals surface area contributed by atoms with Gasteiger partial charge in [-0.1, -0.05) is 18.2 Å². The summed E-state index contributed by atoms with van der Waals surface area (Å²) in [7, 11) is 0. The van der Waals surface area contributed by atoms with E-state index in [1.54, 1.807) is 17.4 Å². The maximum absolute atomic E-state index is 11.8. The second-order valence-corrected chi connectivity index (χ2v) is 4.96. The number of rotatable bonds is 5. The highest BCUT2D eigenvalue weighted by molar-refractivity contribution is 7.18. The lowest BCUT2D eigenvalue weighted by molar-refractivity contribution is -0.119. The van der Waals surface area contributed by atoms with Gasteiger partial charge >= 0.3 is 0 Å². The van der Waals surface area contributed by atoms with Gasteiger partial charge in [0.15, 0.2) is 5.78 Å². The maximum Gasteiger partial charge on any atom is 0.156 e. The molecular formula is C13H14N2OS. The quantitative estimate of drug-likeness (QED) is 0.824. The van der Waals surface area contributed by atoms with E-state index < -0.39 is 6.04 Å². The average Bonchev–Trinajstić information content (AvgIpc) is 2.71. The Kier molecular flexibility index (Phi) is 3.66. The summed E-state index contributed by atoms with van der Waals surface area (Å²) in [6, 6.07) is 7.40. The van der Waals surface area contributed by atoms with Crippen LogP contribution in [0.3, 0.4) is 0 Å². The van der Waals surface area contributed by atoms with E-state index in [4.69, 9.17) is 5.73 Å². The number of nitrogens with two attached hydrogens (primary N) is 1. The van der Waals surface area contributed by atoms with Gasteiger partial charge in [-0.15, -0.1) is 17.9 Å². The van der Waals surface area contributed by atoms with Gasteiger partial charge in [-0.05, 0) is 18.6 Å². The SMILES string of the molecule is C=CCC(N)C(=O)Cc1nc2ccccc2s1. The molecular weight excluding hydrogens is 232 g/mol. The molecule has 0 aliphatic heterocycles. The molecule has 0 radical (unpaired) electrons. The highest BCUT2D eigenvalue weighted by Gasteiger charge is 2.14. The molecule has 2 rings (SSSR count). The standard InChI is InChI=1S/C13H14N2OS/c1-2-5-9(14)11(16)8-13-15-10-6-3-4-7-12(10)17-13/h2-4,6-7,9H,1,5,8,14H2. The summed E-state index contributed by atoms with van der Waals surface area (Å²) < 4.78 is 1.10. The maximum atomic E-state index is 11.8. The summed E-state index contributed by atoms with van der Waals surface area (Å²) >= 11 is 1.55. The van der Waals surface area contributed by atoms with E-state index >= 15 is 0 Å². The number of fused-ring (bicyclic) bond motifs is 1. The first-order valence-electron chi connectivity index (χ1n) is 5.44. The lowest BCUT2D eigenvalue weighted by atomic mass is 10.1. The smallest absolute Gasteiger partial charge is 0.156 e. The third-order valence-corrected chi connectivity index (χ3v) is 3.53. The Bertz CT molecular complexity index is 514. The molecule has 0 fully saturated rings. The van der Waals surface area contributed by atoms with Crippen molar-refractivity contribution >= 4 is 27.3 Å². The second-order valence-electron chi connectivity index (χ2n) is 3.85. The fourth-order valence-corrected chi connectivity index (χ4v) is 2.56. The Balaban J connectivity index is 2.13. The van der Waals surface area contributed by atoms with Gasteiger partial charge < -0.3 is 5.73 Å². The van der Waals surface area contributed by atoms with Crippen molar-refractivity contribution in [1.29, 1.82) is 0 Å². The molecule has 1 heterocycles. The normalized spacial score (nSPS) is 12.5. The Hall–Kier alpha value is -1.52. The van der Waals surface area contributed by atoms with Crippen molar-refractivity contribution in [1.82, 2.24) is 4.98 Å². The van der Waals surface area contributed by atoms with E-state index in [1.807, 2.05) is 24.3 Å². The van der Waals surface area contributed by atoms with E-state index in [0.717, 1.165) is 15.2 Å². The number of para-hydroxylation sites is 1. The minimum atomic E-state index is -0.459. The molecule has 1 aromatic carbocycles. The van der Waals surface area contributed by atoms with Crippen molar-refractivity contribution in [3.05, 3.63) is 41.9 Å².